The largest absolute Gasteiger partial charge is 0.486 e. The minimum Gasteiger partial charge on any atom is -0.486 e. The molecule has 1 aromatic heterocycles. The highest BCUT2D eigenvalue weighted by Gasteiger charge is 2.26. The van der Waals surface area contributed by atoms with Crippen LogP contribution in [0.1, 0.15) is 46.2 Å². The van der Waals surface area contributed by atoms with E-state index < -0.39 is 5.91 Å². The van der Waals surface area contributed by atoms with Crippen molar-refractivity contribution >= 4 is 11.8 Å². The van der Waals surface area contributed by atoms with E-state index in [2.05, 4.69) is 16.9 Å². The second-order valence-electron chi connectivity index (χ2n) is 6.95. The molecule has 1 unspecified atom stereocenters. The zero-order chi connectivity index (χ0) is 20.1. The van der Waals surface area contributed by atoms with E-state index in [9.17, 15) is 9.59 Å². The number of hydrogen-bond donors (Lipinski definition) is 2. The van der Waals surface area contributed by atoms with E-state index in [0.29, 0.717) is 5.76 Å². The molecule has 6 nitrogen and oxygen atoms in total. The van der Waals surface area contributed by atoms with Crippen molar-refractivity contribution < 1.29 is 18.7 Å². The van der Waals surface area contributed by atoms with Crippen LogP contribution in [0.15, 0.2) is 71.1 Å². The van der Waals surface area contributed by atoms with Crippen LogP contribution in [0.5, 0.6) is 5.75 Å². The Morgan fingerprint density at radius 3 is 2.62 bits per heavy atom. The fraction of sp³-hybridized carbons (Fsp3) is 0.217. The highest BCUT2D eigenvalue weighted by Crippen LogP contribution is 2.31. The van der Waals surface area contributed by atoms with E-state index in [1.54, 1.807) is 12.1 Å². The van der Waals surface area contributed by atoms with E-state index in [0.717, 1.165) is 30.6 Å². The van der Waals surface area contributed by atoms with Gasteiger partial charge in [-0.15, -0.1) is 0 Å². The Bertz CT molecular complexity index is 997. The number of rotatable bonds is 5. The molecule has 1 aliphatic rings. The zero-order valence-corrected chi connectivity index (χ0v) is 15.9. The van der Waals surface area contributed by atoms with E-state index in [-0.39, 0.29) is 24.2 Å². The Hall–Kier alpha value is -3.54. The van der Waals surface area contributed by atoms with Gasteiger partial charge in [-0.25, -0.2) is 0 Å². The maximum absolute atomic E-state index is 12.6. The van der Waals surface area contributed by atoms with E-state index in [1.807, 2.05) is 48.5 Å². The van der Waals surface area contributed by atoms with Crippen molar-refractivity contribution in [2.45, 2.75) is 31.8 Å². The average Bonchev–Trinajstić information content (AvgIpc) is 3.25. The first-order chi connectivity index (χ1) is 14.2. The molecule has 1 heterocycles. The molecule has 3 aromatic rings. The van der Waals surface area contributed by atoms with Gasteiger partial charge in [0.25, 0.3) is 0 Å². The molecule has 148 valence electrons. The summed E-state index contributed by atoms with van der Waals surface area (Å²) in [6.45, 7) is 0.211. The SMILES string of the molecule is O=C(NNC(=O)C1CCCc2ccccc21)c1ccc(COc2ccccc2)o1. The van der Waals surface area contributed by atoms with Gasteiger partial charge in [0.1, 0.15) is 18.1 Å². The van der Waals surface area contributed by atoms with Crippen LogP contribution in [0.4, 0.5) is 0 Å². The Morgan fingerprint density at radius 1 is 0.966 bits per heavy atom. The summed E-state index contributed by atoms with van der Waals surface area (Å²) in [7, 11) is 0. The van der Waals surface area contributed by atoms with Crippen LogP contribution in [0.2, 0.25) is 0 Å². The van der Waals surface area contributed by atoms with Crippen molar-refractivity contribution in [3.8, 4) is 5.75 Å². The summed E-state index contributed by atoms with van der Waals surface area (Å²) in [5, 5.41) is 0. The van der Waals surface area contributed by atoms with Crippen LogP contribution in [0, 0.1) is 0 Å². The minimum atomic E-state index is -0.506. The van der Waals surface area contributed by atoms with Gasteiger partial charge in [0.15, 0.2) is 5.76 Å². The molecular formula is C23H22N2O4. The number of fused-ring (bicyclic) bond motifs is 1. The molecule has 0 aliphatic heterocycles. The summed E-state index contributed by atoms with van der Waals surface area (Å²) in [6.07, 6.45) is 2.69. The molecule has 0 saturated carbocycles. The van der Waals surface area contributed by atoms with Gasteiger partial charge in [-0.1, -0.05) is 42.5 Å². The lowest BCUT2D eigenvalue weighted by molar-refractivity contribution is -0.123. The number of nitrogens with one attached hydrogen (secondary N) is 2. The first-order valence-corrected chi connectivity index (χ1v) is 9.65. The van der Waals surface area contributed by atoms with Gasteiger partial charge in [-0.05, 0) is 54.7 Å². The second kappa shape index (κ2) is 8.65. The lowest BCUT2D eigenvalue weighted by Gasteiger charge is -2.24. The Morgan fingerprint density at radius 2 is 1.76 bits per heavy atom. The standard InChI is InChI=1S/C23H22N2O4/c26-22(20-12-6-8-16-7-4-5-11-19(16)20)24-25-23(27)21-14-13-18(29-21)15-28-17-9-2-1-3-10-17/h1-5,7,9-11,13-14,20H,6,8,12,15H2,(H,24,26)(H,25,27). The Kier molecular flexibility index (Phi) is 5.61. The first kappa shape index (κ1) is 18.8. The van der Waals surface area contributed by atoms with Crippen LogP contribution in [0.3, 0.4) is 0 Å². The molecule has 1 atom stereocenters. The van der Waals surface area contributed by atoms with Crippen LogP contribution < -0.4 is 15.6 Å². The monoisotopic (exact) mass is 390 g/mol. The summed E-state index contributed by atoms with van der Waals surface area (Å²) in [5.74, 6) is 0.368. The molecule has 2 aromatic carbocycles. The number of furan rings is 1. The van der Waals surface area contributed by atoms with Gasteiger partial charge in [0, 0.05) is 0 Å². The number of carbonyl (C=O) groups is 2. The fourth-order valence-electron chi connectivity index (χ4n) is 3.54. The van der Waals surface area contributed by atoms with Crippen molar-refractivity contribution in [1.29, 1.82) is 0 Å². The highest BCUT2D eigenvalue weighted by atomic mass is 16.5. The van der Waals surface area contributed by atoms with Crippen LogP contribution >= 0.6 is 0 Å². The van der Waals surface area contributed by atoms with Gasteiger partial charge in [0.2, 0.25) is 5.91 Å². The number of hydrazine groups is 1. The lowest BCUT2D eigenvalue weighted by Crippen LogP contribution is -2.44. The van der Waals surface area contributed by atoms with Crippen LogP contribution in [-0.4, -0.2) is 11.8 Å². The van der Waals surface area contributed by atoms with Gasteiger partial charge in [-0.2, -0.15) is 0 Å². The number of carbonyl (C=O) groups excluding carboxylic acids is 2. The highest BCUT2D eigenvalue weighted by molar-refractivity contribution is 5.94. The molecule has 29 heavy (non-hydrogen) atoms. The predicted molar refractivity (Wildman–Crippen MR) is 107 cm³/mol. The fourth-order valence-corrected chi connectivity index (χ4v) is 3.54. The molecule has 0 fully saturated rings. The Balaban J connectivity index is 1.31. The summed E-state index contributed by atoms with van der Waals surface area (Å²) in [6, 6.07) is 20.5. The third-order valence-corrected chi connectivity index (χ3v) is 4.99. The van der Waals surface area contributed by atoms with Crippen molar-refractivity contribution in [2.75, 3.05) is 0 Å². The topological polar surface area (TPSA) is 80.6 Å². The van der Waals surface area contributed by atoms with Crippen molar-refractivity contribution in [2.24, 2.45) is 0 Å². The molecule has 0 saturated heterocycles. The maximum Gasteiger partial charge on any atom is 0.305 e. The van der Waals surface area contributed by atoms with E-state index >= 15 is 0 Å². The molecule has 6 heteroatoms. The lowest BCUT2D eigenvalue weighted by atomic mass is 9.82. The number of ether oxygens (including phenoxy) is 1. The summed E-state index contributed by atoms with van der Waals surface area (Å²) in [5.41, 5.74) is 7.19. The summed E-state index contributed by atoms with van der Waals surface area (Å²) in [4.78, 5) is 24.9. The molecule has 0 spiro atoms. The van der Waals surface area contributed by atoms with Gasteiger partial charge in [0.05, 0.1) is 5.92 Å². The quantitative estimate of drug-likeness (QED) is 0.651. The third-order valence-electron chi connectivity index (χ3n) is 4.99. The molecule has 0 radical (unpaired) electrons. The molecule has 2 N–H and O–H groups in total. The minimum absolute atomic E-state index is 0.112. The Labute approximate surface area is 168 Å². The molecule has 1 aliphatic carbocycles. The van der Waals surface area contributed by atoms with Gasteiger partial charge >= 0.3 is 5.91 Å². The van der Waals surface area contributed by atoms with Gasteiger partial charge in [-0.3, -0.25) is 20.4 Å². The number of aryl methyl sites for hydroxylation is 1. The van der Waals surface area contributed by atoms with Crippen molar-refractivity contribution in [3.05, 3.63) is 89.4 Å². The smallest absolute Gasteiger partial charge is 0.305 e. The zero-order valence-electron chi connectivity index (χ0n) is 15.9. The molecule has 0 bridgehead atoms. The van der Waals surface area contributed by atoms with Crippen molar-refractivity contribution in [3.63, 3.8) is 0 Å². The predicted octanol–water partition coefficient (Wildman–Crippen LogP) is 3.74. The normalized spacial score (nSPS) is 15.2. The van der Waals surface area contributed by atoms with Gasteiger partial charge < -0.3 is 9.15 Å². The number of hydrogen-bond acceptors (Lipinski definition) is 4. The number of para-hydroxylation sites is 1. The first-order valence-electron chi connectivity index (χ1n) is 9.65. The third kappa shape index (κ3) is 4.48. The van der Waals surface area contributed by atoms with Crippen LogP contribution in [-0.2, 0) is 17.8 Å². The van der Waals surface area contributed by atoms with Crippen molar-refractivity contribution in [1.82, 2.24) is 10.9 Å². The summed E-state index contributed by atoms with van der Waals surface area (Å²) >= 11 is 0. The van der Waals surface area contributed by atoms with E-state index in [1.165, 1.54) is 5.56 Å². The molecular weight excluding hydrogens is 368 g/mol. The second-order valence-corrected chi connectivity index (χ2v) is 6.95. The number of benzene rings is 2. The maximum atomic E-state index is 12.6. The van der Waals surface area contributed by atoms with Crippen LogP contribution in [0.25, 0.3) is 0 Å². The summed E-state index contributed by atoms with van der Waals surface area (Å²) < 4.78 is 11.1. The average molecular weight is 390 g/mol. The van der Waals surface area contributed by atoms with E-state index in [4.69, 9.17) is 9.15 Å². The number of amides is 2. The molecule has 2 amide bonds. The molecule has 4 rings (SSSR count).